The van der Waals surface area contributed by atoms with Crippen LogP contribution in [0.25, 0.3) is 10.9 Å². The smallest absolute Gasteiger partial charge is 0.313 e. The molecular weight excluding hydrogens is 379 g/mol. The van der Waals surface area contributed by atoms with Crippen molar-refractivity contribution >= 4 is 34.3 Å². The largest absolute Gasteiger partial charge is 0.496 e. The Bertz CT molecular complexity index is 1090. The molecule has 4 N–H and O–H groups in total. The number of halogens is 1. The van der Waals surface area contributed by atoms with Crippen molar-refractivity contribution in [2.45, 2.75) is 6.54 Å². The lowest BCUT2D eigenvalue weighted by molar-refractivity contribution is -0.136. The Morgan fingerprint density at radius 1 is 1.07 bits per heavy atom. The quantitative estimate of drug-likeness (QED) is 0.492. The fourth-order valence-corrected chi connectivity index (χ4v) is 2.80. The molecule has 3 aromatic rings. The second-order valence-corrected chi connectivity index (χ2v) is 6.16. The first-order chi connectivity index (χ1) is 13.9. The van der Waals surface area contributed by atoms with E-state index in [9.17, 15) is 18.8 Å². The molecule has 0 fully saturated rings. The van der Waals surface area contributed by atoms with Gasteiger partial charge in [0.05, 0.1) is 7.11 Å². The number of hydrogen-bond acceptors (Lipinski definition) is 4. The van der Waals surface area contributed by atoms with Gasteiger partial charge in [0, 0.05) is 35.7 Å². The highest BCUT2D eigenvalue weighted by atomic mass is 19.1. The highest BCUT2D eigenvalue weighted by Crippen LogP contribution is 2.21. The molecule has 3 rings (SSSR count). The summed E-state index contributed by atoms with van der Waals surface area (Å²) in [6.07, 6.45) is 0. The van der Waals surface area contributed by atoms with E-state index in [-0.39, 0.29) is 12.5 Å². The van der Waals surface area contributed by atoms with E-state index in [0.29, 0.717) is 33.6 Å². The predicted octanol–water partition coefficient (Wildman–Crippen LogP) is 1.93. The van der Waals surface area contributed by atoms with Crippen LogP contribution in [-0.2, 0) is 16.1 Å². The molecule has 0 saturated heterocycles. The summed E-state index contributed by atoms with van der Waals surface area (Å²) >= 11 is 0. The summed E-state index contributed by atoms with van der Waals surface area (Å²) in [5.41, 5.74) is 1.89. The zero-order valence-corrected chi connectivity index (χ0v) is 15.8. The number of aromatic amines is 1. The lowest BCUT2D eigenvalue weighted by atomic mass is 10.2. The molecule has 2 aromatic carbocycles. The molecule has 9 heteroatoms. The number of fused-ring (bicyclic) bond motifs is 1. The van der Waals surface area contributed by atoms with Gasteiger partial charge in [0.15, 0.2) is 0 Å². The fourth-order valence-electron chi connectivity index (χ4n) is 2.80. The first kappa shape index (κ1) is 19.9. The van der Waals surface area contributed by atoms with E-state index >= 15 is 0 Å². The van der Waals surface area contributed by atoms with E-state index in [4.69, 9.17) is 4.74 Å². The van der Waals surface area contributed by atoms with Crippen LogP contribution in [0.2, 0.25) is 0 Å². The number of anilines is 1. The van der Waals surface area contributed by atoms with Crippen molar-refractivity contribution in [3.8, 4) is 5.75 Å². The number of carbonyl (C=O) groups is 3. The van der Waals surface area contributed by atoms with Gasteiger partial charge in [0.25, 0.3) is 5.91 Å². The van der Waals surface area contributed by atoms with Gasteiger partial charge in [0.1, 0.15) is 17.3 Å². The van der Waals surface area contributed by atoms with Gasteiger partial charge in [-0.25, -0.2) is 4.39 Å². The van der Waals surface area contributed by atoms with E-state index < -0.39 is 17.6 Å². The number of ether oxygens (including phenoxy) is 1. The molecule has 0 bridgehead atoms. The normalized spacial score (nSPS) is 10.4. The standard InChI is InChI=1S/C20H19FN4O4/c1-22-18(26)16-9-11-8-14(4-5-15(11)25-16)24-20(28)19(27)23-10-12-7-13(21)3-6-17(12)29-2/h3-9,25H,10H2,1-2H3,(H,22,26)(H,23,27)(H,24,28). The Balaban J connectivity index is 1.65. The van der Waals surface area contributed by atoms with Crippen LogP contribution in [0.1, 0.15) is 16.1 Å². The summed E-state index contributed by atoms with van der Waals surface area (Å²) in [4.78, 5) is 38.9. The minimum Gasteiger partial charge on any atom is -0.496 e. The van der Waals surface area contributed by atoms with Crippen LogP contribution in [-0.4, -0.2) is 36.9 Å². The van der Waals surface area contributed by atoms with E-state index in [2.05, 4.69) is 20.9 Å². The predicted molar refractivity (Wildman–Crippen MR) is 105 cm³/mol. The Morgan fingerprint density at radius 3 is 2.59 bits per heavy atom. The van der Waals surface area contributed by atoms with Crippen LogP contribution in [0, 0.1) is 5.82 Å². The van der Waals surface area contributed by atoms with Gasteiger partial charge in [-0.1, -0.05) is 0 Å². The molecule has 0 radical (unpaired) electrons. The van der Waals surface area contributed by atoms with Crippen LogP contribution >= 0.6 is 0 Å². The molecule has 150 valence electrons. The van der Waals surface area contributed by atoms with Crippen LogP contribution in [0.3, 0.4) is 0 Å². The molecule has 0 aliphatic carbocycles. The van der Waals surface area contributed by atoms with E-state index in [1.54, 1.807) is 24.3 Å². The van der Waals surface area contributed by atoms with Gasteiger partial charge < -0.3 is 25.7 Å². The number of benzene rings is 2. The van der Waals surface area contributed by atoms with Gasteiger partial charge in [-0.2, -0.15) is 0 Å². The SMILES string of the molecule is CNC(=O)c1cc2cc(NC(=O)C(=O)NCc3cc(F)ccc3OC)ccc2[nH]1. The number of amides is 3. The van der Waals surface area contributed by atoms with Gasteiger partial charge in [0.2, 0.25) is 0 Å². The molecule has 0 spiro atoms. The summed E-state index contributed by atoms with van der Waals surface area (Å²) in [5, 5.41) is 8.14. The second kappa shape index (κ2) is 8.42. The zero-order chi connectivity index (χ0) is 21.0. The Hall–Kier alpha value is -3.88. The average molecular weight is 398 g/mol. The third-order valence-electron chi connectivity index (χ3n) is 4.24. The van der Waals surface area contributed by atoms with Crippen molar-refractivity contribution in [3.63, 3.8) is 0 Å². The van der Waals surface area contributed by atoms with Crippen molar-refractivity contribution in [1.82, 2.24) is 15.6 Å². The summed E-state index contributed by atoms with van der Waals surface area (Å²) in [6, 6.07) is 10.5. The summed E-state index contributed by atoms with van der Waals surface area (Å²) in [5.74, 6) is -2.09. The molecule has 0 atom stereocenters. The van der Waals surface area contributed by atoms with Crippen molar-refractivity contribution in [2.75, 3.05) is 19.5 Å². The Labute approximate surface area is 165 Å². The molecule has 0 saturated carbocycles. The molecule has 1 heterocycles. The number of nitrogens with one attached hydrogen (secondary N) is 4. The van der Waals surface area contributed by atoms with Crippen LogP contribution < -0.4 is 20.7 Å². The number of aromatic nitrogens is 1. The number of methoxy groups -OCH3 is 1. The number of H-pyrrole nitrogens is 1. The minimum atomic E-state index is -0.878. The lowest BCUT2D eigenvalue weighted by Gasteiger charge is -2.10. The molecule has 0 aliphatic rings. The highest BCUT2D eigenvalue weighted by molar-refractivity contribution is 6.39. The first-order valence-electron chi connectivity index (χ1n) is 8.67. The molecule has 8 nitrogen and oxygen atoms in total. The third-order valence-corrected chi connectivity index (χ3v) is 4.24. The van der Waals surface area contributed by atoms with Crippen molar-refractivity contribution in [1.29, 1.82) is 0 Å². The molecule has 0 aliphatic heterocycles. The number of hydrogen-bond donors (Lipinski definition) is 4. The van der Waals surface area contributed by atoms with E-state index in [0.717, 1.165) is 0 Å². The molecule has 3 amide bonds. The monoisotopic (exact) mass is 398 g/mol. The maximum atomic E-state index is 13.4. The van der Waals surface area contributed by atoms with Gasteiger partial charge in [-0.05, 0) is 42.5 Å². The Kier molecular flexibility index (Phi) is 5.77. The maximum Gasteiger partial charge on any atom is 0.313 e. The van der Waals surface area contributed by atoms with Gasteiger partial charge in [-0.3, -0.25) is 14.4 Å². The summed E-state index contributed by atoms with van der Waals surface area (Å²) in [7, 11) is 2.95. The fraction of sp³-hybridized carbons (Fsp3) is 0.150. The van der Waals surface area contributed by atoms with E-state index in [1.807, 2.05) is 0 Å². The van der Waals surface area contributed by atoms with Crippen LogP contribution in [0.5, 0.6) is 5.75 Å². The minimum absolute atomic E-state index is 0.0699. The van der Waals surface area contributed by atoms with Crippen LogP contribution in [0.4, 0.5) is 10.1 Å². The highest BCUT2D eigenvalue weighted by Gasteiger charge is 2.15. The maximum absolute atomic E-state index is 13.4. The summed E-state index contributed by atoms with van der Waals surface area (Å²) < 4.78 is 18.5. The van der Waals surface area contributed by atoms with Crippen molar-refractivity contribution in [3.05, 3.63) is 59.5 Å². The third kappa shape index (κ3) is 4.52. The Morgan fingerprint density at radius 2 is 1.86 bits per heavy atom. The molecular formula is C20H19FN4O4. The summed E-state index contributed by atoms with van der Waals surface area (Å²) in [6.45, 7) is -0.0699. The lowest BCUT2D eigenvalue weighted by Crippen LogP contribution is -2.35. The van der Waals surface area contributed by atoms with E-state index in [1.165, 1.54) is 32.4 Å². The molecule has 1 aromatic heterocycles. The molecule has 29 heavy (non-hydrogen) atoms. The topological polar surface area (TPSA) is 112 Å². The van der Waals surface area contributed by atoms with Crippen LogP contribution in [0.15, 0.2) is 42.5 Å². The molecule has 0 unspecified atom stereocenters. The number of rotatable bonds is 5. The number of carbonyl (C=O) groups excluding carboxylic acids is 3. The average Bonchev–Trinajstić information content (AvgIpc) is 3.14. The van der Waals surface area contributed by atoms with Gasteiger partial charge in [-0.15, -0.1) is 0 Å². The second-order valence-electron chi connectivity index (χ2n) is 6.16. The van der Waals surface area contributed by atoms with Crippen molar-refractivity contribution in [2.24, 2.45) is 0 Å². The van der Waals surface area contributed by atoms with Crippen molar-refractivity contribution < 1.29 is 23.5 Å². The van der Waals surface area contributed by atoms with Gasteiger partial charge >= 0.3 is 11.8 Å². The zero-order valence-electron chi connectivity index (χ0n) is 15.8. The first-order valence-corrected chi connectivity index (χ1v) is 8.67.